The molecule has 8 heteroatoms. The van der Waals surface area contributed by atoms with Crippen molar-refractivity contribution < 1.29 is 37.4 Å². The summed E-state index contributed by atoms with van der Waals surface area (Å²) in [7, 11) is 0. The topological polar surface area (TPSA) is 80.7 Å². The first-order valence-electron chi connectivity index (χ1n) is 11.7. The smallest absolute Gasteiger partial charge is 0.306 e. The number of ether oxygens (including phenoxy) is 1. The fourth-order valence-electron chi connectivity index (χ4n) is 7.83. The molecule has 8 atom stereocenters. The molecule has 33 heavy (non-hydrogen) atoms. The van der Waals surface area contributed by atoms with Crippen molar-refractivity contribution in [2.75, 3.05) is 6.67 Å². The second-order valence-corrected chi connectivity index (χ2v) is 10.6. The number of Topliss-reactive ketones (excluding diaryl/α,β-unsaturated/α-hetero) is 1. The van der Waals surface area contributed by atoms with Gasteiger partial charge in [0, 0.05) is 29.1 Å². The van der Waals surface area contributed by atoms with Crippen LogP contribution in [0.3, 0.4) is 0 Å². The number of hydrogen-bond acceptors (Lipinski definition) is 5. The molecule has 5 nitrogen and oxygen atoms in total. The summed E-state index contributed by atoms with van der Waals surface area (Å²) in [5.41, 5.74) is -6.81. The summed E-state index contributed by atoms with van der Waals surface area (Å²) in [6, 6.07) is 0. The van der Waals surface area contributed by atoms with Gasteiger partial charge in [0.15, 0.2) is 23.8 Å². The van der Waals surface area contributed by atoms with Crippen LogP contribution in [0.5, 0.6) is 0 Å². The van der Waals surface area contributed by atoms with E-state index in [1.54, 1.807) is 20.8 Å². The summed E-state index contributed by atoms with van der Waals surface area (Å²) < 4.78 is 51.5. The lowest BCUT2D eigenvalue weighted by atomic mass is 9.44. The van der Waals surface area contributed by atoms with E-state index in [-0.39, 0.29) is 31.3 Å². The van der Waals surface area contributed by atoms with Gasteiger partial charge in [-0.1, -0.05) is 26.8 Å². The Balaban J connectivity index is 1.87. The van der Waals surface area contributed by atoms with Crippen LogP contribution in [0.25, 0.3) is 0 Å². The largest absolute Gasteiger partial charge is 0.450 e. The summed E-state index contributed by atoms with van der Waals surface area (Å²) in [5.74, 6) is -5.24. The predicted octanol–water partition coefficient (Wildman–Crippen LogP) is 4.13. The normalized spacial score (nSPS) is 46.5. The molecule has 0 saturated heterocycles. The van der Waals surface area contributed by atoms with Crippen LogP contribution in [-0.4, -0.2) is 46.7 Å². The highest BCUT2D eigenvalue weighted by Crippen LogP contribution is 2.71. The average molecular weight is 469 g/mol. The summed E-state index contributed by atoms with van der Waals surface area (Å²) in [4.78, 5) is 37.3. The molecule has 0 amide bonds. The van der Waals surface area contributed by atoms with Crippen LogP contribution in [-0.2, 0) is 19.1 Å². The molecule has 0 unspecified atom stereocenters. The van der Waals surface area contributed by atoms with Crippen molar-refractivity contribution >= 4 is 17.5 Å². The number of alkyl halides is 2. The van der Waals surface area contributed by atoms with Crippen molar-refractivity contribution in [1.82, 2.24) is 0 Å². The lowest BCUT2D eigenvalue weighted by Gasteiger charge is -2.62. The van der Waals surface area contributed by atoms with Gasteiger partial charge in [0.2, 0.25) is 11.6 Å². The zero-order valence-corrected chi connectivity index (χ0v) is 19.4. The number of rotatable bonds is 4. The molecule has 0 spiro atoms. The van der Waals surface area contributed by atoms with Crippen LogP contribution in [0.2, 0.25) is 0 Å². The van der Waals surface area contributed by atoms with Gasteiger partial charge in [0.05, 0.1) is 6.10 Å². The van der Waals surface area contributed by atoms with Gasteiger partial charge in [-0.05, 0) is 50.2 Å². The van der Waals surface area contributed by atoms with Crippen molar-refractivity contribution in [2.45, 2.75) is 77.2 Å². The van der Waals surface area contributed by atoms with E-state index in [2.05, 4.69) is 0 Å². The molecule has 0 radical (unpaired) electrons. The number of ketones is 2. The van der Waals surface area contributed by atoms with E-state index in [0.29, 0.717) is 6.42 Å². The molecular formula is C25H31F3O5. The minimum Gasteiger partial charge on any atom is -0.450 e. The molecular weight excluding hydrogens is 437 g/mol. The SMILES string of the molecule is CCC(=O)O[C@@]1(C(=O)CF)[C@H](C)C[C@H]2[C@@H]3CCC4=C(F)C(=O)C=C[C@]4(C)[C@@]3(F)[C@@H](O)C[C@@]21C. The highest BCUT2D eigenvalue weighted by Gasteiger charge is 2.77. The van der Waals surface area contributed by atoms with Gasteiger partial charge in [-0.25, -0.2) is 13.2 Å². The Labute approximate surface area is 191 Å². The van der Waals surface area contributed by atoms with Gasteiger partial charge < -0.3 is 9.84 Å². The maximum absolute atomic E-state index is 17.2. The maximum Gasteiger partial charge on any atom is 0.306 e. The molecule has 4 rings (SSSR count). The Morgan fingerprint density at radius 1 is 1.27 bits per heavy atom. The quantitative estimate of drug-likeness (QED) is 0.628. The van der Waals surface area contributed by atoms with Crippen LogP contribution < -0.4 is 0 Å². The Bertz CT molecular complexity index is 975. The molecule has 0 aromatic heterocycles. The molecule has 0 heterocycles. The minimum absolute atomic E-state index is 0.0157. The van der Waals surface area contributed by atoms with E-state index in [4.69, 9.17) is 4.74 Å². The Morgan fingerprint density at radius 2 is 1.94 bits per heavy atom. The molecule has 0 aromatic carbocycles. The van der Waals surface area contributed by atoms with E-state index in [1.807, 2.05) is 0 Å². The number of hydrogen-bond donors (Lipinski definition) is 1. The van der Waals surface area contributed by atoms with Gasteiger partial charge in [0.1, 0.15) is 0 Å². The second-order valence-electron chi connectivity index (χ2n) is 10.6. The third-order valence-electron chi connectivity index (χ3n) is 9.37. The van der Waals surface area contributed by atoms with Gasteiger partial charge in [-0.3, -0.25) is 14.4 Å². The van der Waals surface area contributed by atoms with Crippen LogP contribution in [0.4, 0.5) is 13.2 Å². The standard InChI is InChI=1S/C25H31F3O5/c1-5-20(32)33-25(19(31)12-26)13(2)10-16-14-6-7-15-21(27)17(29)8-9-22(15,3)24(14,28)18(30)11-23(16,25)4/h8-9,13-14,16,18,30H,5-7,10-12H2,1-4H3/t13-,14+,16+,18+,22+,23+,24+,25-/m1/s1. The van der Waals surface area contributed by atoms with Crippen molar-refractivity contribution in [1.29, 1.82) is 0 Å². The summed E-state index contributed by atoms with van der Waals surface area (Å²) in [6.07, 6.45) is 1.02. The molecule has 0 aliphatic heterocycles. The van der Waals surface area contributed by atoms with E-state index in [9.17, 15) is 28.3 Å². The summed E-state index contributed by atoms with van der Waals surface area (Å²) >= 11 is 0. The number of esters is 1. The number of aliphatic hydroxyl groups excluding tert-OH is 1. The molecule has 4 aliphatic rings. The van der Waals surface area contributed by atoms with Gasteiger partial charge in [0.25, 0.3) is 0 Å². The van der Waals surface area contributed by atoms with Gasteiger partial charge in [-0.15, -0.1) is 0 Å². The number of aliphatic hydroxyl groups is 1. The minimum atomic E-state index is -2.30. The first-order chi connectivity index (χ1) is 15.3. The Hall–Kier alpha value is -1.96. The molecule has 3 fully saturated rings. The number of fused-ring (bicyclic) bond motifs is 5. The van der Waals surface area contributed by atoms with Crippen molar-refractivity contribution in [3.8, 4) is 0 Å². The molecule has 182 valence electrons. The number of halogens is 3. The van der Waals surface area contributed by atoms with Crippen LogP contribution in [0.1, 0.15) is 59.8 Å². The monoisotopic (exact) mass is 468 g/mol. The van der Waals surface area contributed by atoms with E-state index in [0.717, 1.165) is 6.08 Å². The lowest BCUT2D eigenvalue weighted by Crippen LogP contribution is -2.70. The highest BCUT2D eigenvalue weighted by molar-refractivity contribution is 6.04. The third-order valence-corrected chi connectivity index (χ3v) is 9.37. The van der Waals surface area contributed by atoms with Crippen molar-refractivity contribution in [3.63, 3.8) is 0 Å². The third kappa shape index (κ3) is 2.73. The van der Waals surface area contributed by atoms with Gasteiger partial charge in [-0.2, -0.15) is 0 Å². The van der Waals surface area contributed by atoms with Crippen LogP contribution in [0.15, 0.2) is 23.6 Å². The average Bonchev–Trinajstić information content (AvgIpc) is 2.99. The summed E-state index contributed by atoms with van der Waals surface area (Å²) in [5, 5.41) is 11.3. The maximum atomic E-state index is 17.2. The number of allylic oxidation sites excluding steroid dienone is 4. The van der Waals surface area contributed by atoms with Crippen molar-refractivity contribution in [3.05, 3.63) is 23.6 Å². The molecule has 4 aliphatic carbocycles. The highest BCUT2D eigenvalue weighted by atomic mass is 19.1. The molecule has 3 saturated carbocycles. The van der Waals surface area contributed by atoms with E-state index >= 15 is 4.39 Å². The first-order valence-corrected chi connectivity index (χ1v) is 11.7. The molecule has 0 aromatic rings. The fourth-order valence-corrected chi connectivity index (χ4v) is 7.83. The lowest BCUT2D eigenvalue weighted by molar-refractivity contribution is -0.228. The molecule has 1 N–H and O–H groups in total. The van der Waals surface area contributed by atoms with Crippen molar-refractivity contribution in [2.24, 2.45) is 28.6 Å². The van der Waals surface area contributed by atoms with E-state index in [1.165, 1.54) is 13.0 Å². The summed E-state index contributed by atoms with van der Waals surface area (Å²) in [6.45, 7) is 5.10. The van der Waals surface area contributed by atoms with Gasteiger partial charge >= 0.3 is 5.97 Å². The zero-order valence-electron chi connectivity index (χ0n) is 19.4. The first kappa shape index (κ1) is 24.2. The van der Waals surface area contributed by atoms with Crippen LogP contribution in [0, 0.1) is 28.6 Å². The second kappa shape index (κ2) is 7.52. The van der Waals surface area contributed by atoms with E-state index < -0.39 is 76.0 Å². The predicted molar refractivity (Wildman–Crippen MR) is 113 cm³/mol. The fraction of sp³-hybridized carbons (Fsp3) is 0.720. The van der Waals surface area contributed by atoms with Crippen LogP contribution >= 0.6 is 0 Å². The zero-order chi connectivity index (χ0) is 24.6. The Morgan fingerprint density at radius 3 is 2.55 bits per heavy atom. The number of carbonyl (C=O) groups is 3. The Kier molecular flexibility index (Phi) is 5.51. The number of carbonyl (C=O) groups excluding carboxylic acids is 3. The molecule has 0 bridgehead atoms.